The predicted octanol–water partition coefficient (Wildman–Crippen LogP) is 0.826. The van der Waals surface area contributed by atoms with Gasteiger partial charge in [0.25, 0.3) is 0 Å². The van der Waals surface area contributed by atoms with Crippen LogP contribution in [0.1, 0.15) is 26.7 Å². The van der Waals surface area contributed by atoms with Crippen LogP contribution in [-0.4, -0.2) is 45.7 Å². The maximum absolute atomic E-state index is 11.6. The molecule has 16 heavy (non-hydrogen) atoms. The fraction of sp³-hybridized carbons (Fsp3) is 1.00. The molecule has 0 saturated carbocycles. The molecule has 1 unspecified atom stereocenters. The maximum atomic E-state index is 11.6. The fourth-order valence-corrected chi connectivity index (χ4v) is 3.52. The molecule has 96 valence electrons. The van der Waals surface area contributed by atoms with Crippen molar-refractivity contribution in [3.05, 3.63) is 0 Å². The van der Waals surface area contributed by atoms with E-state index >= 15 is 0 Å². The van der Waals surface area contributed by atoms with E-state index in [2.05, 4.69) is 5.32 Å². The first-order chi connectivity index (χ1) is 7.49. The van der Waals surface area contributed by atoms with Crippen molar-refractivity contribution in [3.63, 3.8) is 0 Å². The van der Waals surface area contributed by atoms with Crippen molar-refractivity contribution >= 4 is 9.84 Å². The molecule has 1 aliphatic heterocycles. The van der Waals surface area contributed by atoms with Crippen LogP contribution in [0.5, 0.6) is 0 Å². The first-order valence-corrected chi connectivity index (χ1v) is 7.84. The topological polar surface area (TPSA) is 55.4 Å². The van der Waals surface area contributed by atoms with Gasteiger partial charge in [-0.3, -0.25) is 0 Å². The molecule has 0 radical (unpaired) electrons. The van der Waals surface area contributed by atoms with Crippen molar-refractivity contribution in [2.24, 2.45) is 5.92 Å². The zero-order valence-electron chi connectivity index (χ0n) is 10.2. The average molecular weight is 249 g/mol. The molecule has 1 N–H and O–H groups in total. The van der Waals surface area contributed by atoms with Gasteiger partial charge in [0.2, 0.25) is 0 Å². The van der Waals surface area contributed by atoms with Crippen molar-refractivity contribution in [1.82, 2.24) is 5.32 Å². The molecule has 0 spiro atoms. The Morgan fingerprint density at radius 2 is 2.19 bits per heavy atom. The largest absolute Gasteiger partial charge is 0.377 e. The van der Waals surface area contributed by atoms with Gasteiger partial charge in [0.1, 0.15) is 0 Å². The Morgan fingerprint density at radius 3 is 2.75 bits per heavy atom. The summed E-state index contributed by atoms with van der Waals surface area (Å²) in [5.41, 5.74) is 0. The Bertz CT molecular complexity index is 282. The molecule has 0 bridgehead atoms. The van der Waals surface area contributed by atoms with Gasteiger partial charge >= 0.3 is 0 Å². The lowest BCUT2D eigenvalue weighted by Crippen LogP contribution is -2.31. The average Bonchev–Trinajstić information content (AvgIpc) is 2.62. The normalized spacial score (nSPS) is 21.8. The Kier molecular flexibility index (Phi) is 5.72. The highest BCUT2D eigenvalue weighted by Gasteiger charge is 2.16. The van der Waals surface area contributed by atoms with Crippen molar-refractivity contribution in [2.75, 3.05) is 31.2 Å². The van der Waals surface area contributed by atoms with Crippen molar-refractivity contribution in [2.45, 2.75) is 32.8 Å². The summed E-state index contributed by atoms with van der Waals surface area (Å²) < 4.78 is 28.6. The molecule has 1 rings (SSSR count). The van der Waals surface area contributed by atoms with E-state index < -0.39 is 9.84 Å². The zero-order valence-corrected chi connectivity index (χ0v) is 11.1. The highest BCUT2D eigenvalue weighted by molar-refractivity contribution is 7.91. The van der Waals surface area contributed by atoms with Crippen LogP contribution in [0.2, 0.25) is 0 Å². The number of nitrogens with one attached hydrogen (secondary N) is 1. The number of rotatable bonds is 7. The second-order valence-corrected chi connectivity index (χ2v) is 7.08. The minimum absolute atomic E-state index is 0.211. The molecule has 1 saturated heterocycles. The summed E-state index contributed by atoms with van der Waals surface area (Å²) in [6, 6.07) is 0. The summed E-state index contributed by atoms with van der Waals surface area (Å²) >= 11 is 0. The van der Waals surface area contributed by atoms with E-state index in [1.165, 1.54) is 0 Å². The molecule has 1 fully saturated rings. The smallest absolute Gasteiger partial charge is 0.151 e. The summed E-state index contributed by atoms with van der Waals surface area (Å²) in [4.78, 5) is 0. The number of sulfone groups is 1. The Hall–Kier alpha value is -0.130. The first-order valence-electron chi connectivity index (χ1n) is 6.02. The minimum atomic E-state index is -2.88. The maximum Gasteiger partial charge on any atom is 0.151 e. The lowest BCUT2D eigenvalue weighted by molar-refractivity contribution is 0.110. The molecule has 1 heterocycles. The predicted molar refractivity (Wildman–Crippen MR) is 65.3 cm³/mol. The van der Waals surface area contributed by atoms with Gasteiger partial charge in [0.15, 0.2) is 9.84 Å². The van der Waals surface area contributed by atoms with Crippen LogP contribution < -0.4 is 5.32 Å². The minimum Gasteiger partial charge on any atom is -0.377 e. The summed E-state index contributed by atoms with van der Waals surface area (Å²) in [7, 11) is -2.88. The van der Waals surface area contributed by atoms with Crippen LogP contribution >= 0.6 is 0 Å². The van der Waals surface area contributed by atoms with Crippen LogP contribution in [0, 0.1) is 5.92 Å². The van der Waals surface area contributed by atoms with Crippen molar-refractivity contribution in [1.29, 1.82) is 0 Å². The van der Waals surface area contributed by atoms with Gasteiger partial charge in [0.05, 0.1) is 17.6 Å². The van der Waals surface area contributed by atoms with Gasteiger partial charge < -0.3 is 10.1 Å². The fourth-order valence-electron chi connectivity index (χ4n) is 1.89. The van der Waals surface area contributed by atoms with Crippen LogP contribution in [0.15, 0.2) is 0 Å². The third-order valence-electron chi connectivity index (χ3n) is 2.57. The number of ether oxygens (including phenoxy) is 1. The second kappa shape index (κ2) is 6.57. The molecule has 1 aliphatic rings. The van der Waals surface area contributed by atoms with E-state index in [0.717, 1.165) is 26.0 Å². The molecule has 1 atom stereocenters. The van der Waals surface area contributed by atoms with Gasteiger partial charge in [-0.1, -0.05) is 13.8 Å². The van der Waals surface area contributed by atoms with Gasteiger partial charge in [-0.05, 0) is 18.8 Å². The molecule has 0 aliphatic carbocycles. The van der Waals surface area contributed by atoms with E-state index in [9.17, 15) is 8.42 Å². The Morgan fingerprint density at radius 1 is 1.44 bits per heavy atom. The van der Waals surface area contributed by atoms with Crippen LogP contribution in [0.25, 0.3) is 0 Å². The lowest BCUT2D eigenvalue weighted by atomic mass is 10.2. The van der Waals surface area contributed by atoms with E-state index in [-0.39, 0.29) is 23.5 Å². The summed E-state index contributed by atoms with van der Waals surface area (Å²) in [5.74, 6) is 0.732. The number of hydrogen-bond donors (Lipinski definition) is 1. The molecule has 5 heteroatoms. The van der Waals surface area contributed by atoms with Gasteiger partial charge in [-0.2, -0.15) is 0 Å². The van der Waals surface area contributed by atoms with Gasteiger partial charge in [-0.25, -0.2) is 8.42 Å². The molecule has 0 aromatic carbocycles. The monoisotopic (exact) mass is 249 g/mol. The van der Waals surface area contributed by atoms with Crippen LogP contribution in [0.4, 0.5) is 0 Å². The third kappa shape index (κ3) is 5.82. The van der Waals surface area contributed by atoms with E-state index in [0.29, 0.717) is 6.54 Å². The molecule has 4 nitrogen and oxygen atoms in total. The Balaban J connectivity index is 2.09. The van der Waals surface area contributed by atoms with E-state index in [1.54, 1.807) is 0 Å². The molecular formula is C11H23NO3S. The van der Waals surface area contributed by atoms with Crippen molar-refractivity contribution in [3.8, 4) is 0 Å². The Labute approximate surface area is 98.7 Å². The zero-order chi connectivity index (χ0) is 12.0. The van der Waals surface area contributed by atoms with E-state index in [1.807, 2.05) is 13.8 Å². The first kappa shape index (κ1) is 13.9. The lowest BCUT2D eigenvalue weighted by Gasteiger charge is -2.11. The van der Waals surface area contributed by atoms with Gasteiger partial charge in [-0.15, -0.1) is 0 Å². The highest BCUT2D eigenvalue weighted by atomic mass is 32.2. The van der Waals surface area contributed by atoms with Gasteiger partial charge in [0, 0.05) is 19.7 Å². The van der Waals surface area contributed by atoms with E-state index in [4.69, 9.17) is 4.74 Å². The molecule has 0 aromatic heterocycles. The SMILES string of the molecule is CC(C)CS(=O)(=O)CCNCC1CCCO1. The van der Waals surface area contributed by atoms with Crippen LogP contribution in [-0.2, 0) is 14.6 Å². The third-order valence-corrected chi connectivity index (χ3v) is 4.57. The molecular weight excluding hydrogens is 226 g/mol. The molecule has 0 aromatic rings. The summed E-state index contributed by atoms with van der Waals surface area (Å²) in [5, 5.41) is 3.15. The van der Waals surface area contributed by atoms with Crippen molar-refractivity contribution < 1.29 is 13.2 Å². The standard InChI is InChI=1S/C11H23NO3S/c1-10(2)9-16(13,14)7-5-12-8-11-4-3-6-15-11/h10-12H,3-9H2,1-2H3. The molecule has 0 amide bonds. The second-order valence-electron chi connectivity index (χ2n) is 4.85. The number of hydrogen-bond acceptors (Lipinski definition) is 4. The summed E-state index contributed by atoms with van der Waals surface area (Å²) in [6.45, 7) is 6.01. The summed E-state index contributed by atoms with van der Waals surface area (Å²) in [6.07, 6.45) is 2.50. The quantitative estimate of drug-likeness (QED) is 0.679. The van der Waals surface area contributed by atoms with Crippen LogP contribution in [0.3, 0.4) is 0 Å². The highest BCUT2D eigenvalue weighted by Crippen LogP contribution is 2.10.